The molecule has 15 heavy (non-hydrogen) atoms. The molecule has 0 amide bonds. The van der Waals surface area contributed by atoms with Gasteiger partial charge >= 0.3 is 0 Å². The van der Waals surface area contributed by atoms with Crippen molar-refractivity contribution in [1.82, 2.24) is 10.3 Å². The molecule has 4 heteroatoms. The Hall–Kier alpha value is -0.800. The first-order valence-corrected chi connectivity index (χ1v) is 5.67. The molecule has 1 N–H and O–H groups in total. The monoisotopic (exact) mass is 224 g/mol. The van der Waals surface area contributed by atoms with Gasteiger partial charge in [-0.05, 0) is 31.0 Å². The zero-order valence-electron chi connectivity index (χ0n) is 8.32. The first-order valence-electron chi connectivity index (χ1n) is 5.29. The van der Waals surface area contributed by atoms with Crippen molar-refractivity contribution >= 4 is 11.6 Å². The summed E-state index contributed by atoms with van der Waals surface area (Å²) >= 11 is 5.74. The lowest BCUT2D eigenvalue weighted by Gasteiger charge is -2.06. The van der Waals surface area contributed by atoms with Gasteiger partial charge in [0.15, 0.2) is 0 Å². The molecule has 2 heterocycles. The summed E-state index contributed by atoms with van der Waals surface area (Å²) in [5, 5.41) is 4.02. The first kappa shape index (κ1) is 9.43. The third kappa shape index (κ3) is 1.82. The molecule has 1 unspecified atom stereocenters. The number of rotatable bonds is 3. The summed E-state index contributed by atoms with van der Waals surface area (Å²) in [5.74, 6) is 3.11. The van der Waals surface area contributed by atoms with Crippen molar-refractivity contribution in [3.63, 3.8) is 0 Å². The summed E-state index contributed by atoms with van der Waals surface area (Å²) in [6, 6.07) is 3.62. The Morgan fingerprint density at radius 1 is 1.40 bits per heavy atom. The van der Waals surface area contributed by atoms with Crippen LogP contribution in [0.5, 0.6) is 5.88 Å². The fourth-order valence-electron chi connectivity index (χ4n) is 2.42. The van der Waals surface area contributed by atoms with Crippen LogP contribution in [-0.2, 0) is 0 Å². The second kappa shape index (κ2) is 3.65. The van der Waals surface area contributed by atoms with E-state index in [9.17, 15) is 0 Å². The van der Waals surface area contributed by atoms with Gasteiger partial charge in [0.05, 0.1) is 11.6 Å². The van der Waals surface area contributed by atoms with E-state index in [1.54, 1.807) is 12.3 Å². The molecule has 1 aliphatic heterocycles. The van der Waals surface area contributed by atoms with Crippen LogP contribution < -0.4 is 10.1 Å². The summed E-state index contributed by atoms with van der Waals surface area (Å²) in [6.45, 7) is 3.12. The Bertz CT molecular complexity index is 344. The maximum Gasteiger partial charge on any atom is 0.213 e. The van der Waals surface area contributed by atoms with E-state index in [-0.39, 0.29) is 0 Å². The number of nitrogens with zero attached hydrogens (tertiary/aromatic N) is 1. The maximum absolute atomic E-state index is 5.74. The van der Waals surface area contributed by atoms with E-state index in [4.69, 9.17) is 16.3 Å². The van der Waals surface area contributed by atoms with Gasteiger partial charge in [0, 0.05) is 18.2 Å². The van der Waals surface area contributed by atoms with Crippen LogP contribution in [0.3, 0.4) is 0 Å². The van der Waals surface area contributed by atoms with Gasteiger partial charge in [0.1, 0.15) is 0 Å². The van der Waals surface area contributed by atoms with E-state index >= 15 is 0 Å². The minimum atomic E-state index is 0.648. The van der Waals surface area contributed by atoms with Crippen molar-refractivity contribution in [2.75, 3.05) is 19.7 Å². The molecule has 1 saturated heterocycles. The Morgan fingerprint density at radius 2 is 2.20 bits per heavy atom. The summed E-state index contributed by atoms with van der Waals surface area (Å²) in [4.78, 5) is 4.10. The molecule has 3 rings (SSSR count). The summed E-state index contributed by atoms with van der Waals surface area (Å²) in [5.41, 5.74) is 0. The normalized spacial score (nSPS) is 32.5. The van der Waals surface area contributed by atoms with Crippen molar-refractivity contribution < 1.29 is 4.74 Å². The Morgan fingerprint density at radius 3 is 2.87 bits per heavy atom. The van der Waals surface area contributed by atoms with Crippen molar-refractivity contribution in [2.45, 2.75) is 0 Å². The lowest BCUT2D eigenvalue weighted by atomic mass is 10.3. The molecule has 0 spiro atoms. The quantitative estimate of drug-likeness (QED) is 0.847. The number of halogens is 1. The van der Waals surface area contributed by atoms with Gasteiger partial charge in [-0.3, -0.25) is 0 Å². The first-order chi connectivity index (χ1) is 7.34. The molecule has 1 aromatic rings. The number of hydrogen-bond donors (Lipinski definition) is 1. The van der Waals surface area contributed by atoms with Gasteiger partial charge in [0.25, 0.3) is 0 Å². The molecule has 1 aliphatic carbocycles. The number of ether oxygens (including phenoxy) is 1. The molecule has 1 aromatic heterocycles. The van der Waals surface area contributed by atoms with Crippen molar-refractivity contribution in [1.29, 1.82) is 0 Å². The lowest BCUT2D eigenvalue weighted by molar-refractivity contribution is 0.270. The molecule has 2 aliphatic rings. The van der Waals surface area contributed by atoms with Crippen LogP contribution in [0, 0.1) is 17.8 Å². The third-order valence-electron chi connectivity index (χ3n) is 3.39. The number of aromatic nitrogens is 1. The highest BCUT2D eigenvalue weighted by Gasteiger charge is 2.52. The number of fused-ring (bicyclic) bond motifs is 1. The number of nitrogens with one attached hydrogen (secondary N) is 1. The zero-order valence-corrected chi connectivity index (χ0v) is 9.07. The van der Waals surface area contributed by atoms with Gasteiger partial charge in [-0.25, -0.2) is 4.98 Å². The van der Waals surface area contributed by atoms with Crippen LogP contribution in [0.4, 0.5) is 0 Å². The van der Waals surface area contributed by atoms with Crippen molar-refractivity contribution in [3.8, 4) is 5.88 Å². The van der Waals surface area contributed by atoms with E-state index in [1.165, 1.54) is 0 Å². The SMILES string of the molecule is Clc1ccc(OCC2[C@H]3CNC[C@@H]23)nc1. The van der Waals surface area contributed by atoms with Crippen LogP contribution in [0.15, 0.2) is 18.3 Å². The molecular formula is C11H13ClN2O. The highest BCUT2D eigenvalue weighted by Crippen LogP contribution is 2.48. The lowest BCUT2D eigenvalue weighted by Crippen LogP contribution is -2.17. The van der Waals surface area contributed by atoms with E-state index in [2.05, 4.69) is 10.3 Å². The highest BCUT2D eigenvalue weighted by molar-refractivity contribution is 6.30. The second-order valence-electron chi connectivity index (χ2n) is 4.28. The molecular weight excluding hydrogens is 212 g/mol. The van der Waals surface area contributed by atoms with Gasteiger partial charge in [0.2, 0.25) is 5.88 Å². The van der Waals surface area contributed by atoms with E-state index in [0.717, 1.165) is 37.5 Å². The molecule has 0 radical (unpaired) electrons. The number of piperidine rings is 1. The van der Waals surface area contributed by atoms with E-state index in [0.29, 0.717) is 10.9 Å². The van der Waals surface area contributed by atoms with Crippen LogP contribution in [-0.4, -0.2) is 24.7 Å². The minimum absolute atomic E-state index is 0.648. The fourth-order valence-corrected chi connectivity index (χ4v) is 2.53. The average Bonchev–Trinajstić information content (AvgIpc) is 2.71. The largest absolute Gasteiger partial charge is 0.477 e. The standard InChI is InChI=1S/C11H13ClN2O/c12-7-1-2-11(14-3-7)15-6-10-8-4-13-5-9(8)10/h1-3,8-10,13H,4-6H2/t8-,9+,10?. The molecule has 3 atom stereocenters. The Kier molecular flexibility index (Phi) is 2.29. The summed E-state index contributed by atoms with van der Waals surface area (Å²) < 4.78 is 5.62. The van der Waals surface area contributed by atoms with E-state index < -0.39 is 0 Å². The molecule has 1 saturated carbocycles. The van der Waals surface area contributed by atoms with Crippen LogP contribution in [0.2, 0.25) is 5.02 Å². The second-order valence-corrected chi connectivity index (χ2v) is 4.71. The predicted molar refractivity (Wildman–Crippen MR) is 58.1 cm³/mol. The summed E-state index contributed by atoms with van der Waals surface area (Å²) in [7, 11) is 0. The van der Waals surface area contributed by atoms with Gasteiger partial charge in [-0.15, -0.1) is 0 Å². The molecule has 0 bridgehead atoms. The fraction of sp³-hybridized carbons (Fsp3) is 0.545. The minimum Gasteiger partial charge on any atom is -0.477 e. The highest BCUT2D eigenvalue weighted by atomic mass is 35.5. The smallest absolute Gasteiger partial charge is 0.213 e. The molecule has 2 fully saturated rings. The van der Waals surface area contributed by atoms with Crippen molar-refractivity contribution in [3.05, 3.63) is 23.4 Å². The van der Waals surface area contributed by atoms with Crippen LogP contribution in [0.25, 0.3) is 0 Å². The molecule has 80 valence electrons. The van der Waals surface area contributed by atoms with E-state index in [1.807, 2.05) is 6.07 Å². The van der Waals surface area contributed by atoms with Crippen molar-refractivity contribution in [2.24, 2.45) is 17.8 Å². The predicted octanol–water partition coefficient (Wildman–Crippen LogP) is 1.58. The van der Waals surface area contributed by atoms with Gasteiger partial charge in [-0.1, -0.05) is 11.6 Å². The molecule has 0 aromatic carbocycles. The number of pyridine rings is 1. The average molecular weight is 225 g/mol. The van der Waals surface area contributed by atoms with Gasteiger partial charge in [-0.2, -0.15) is 0 Å². The van der Waals surface area contributed by atoms with Gasteiger partial charge < -0.3 is 10.1 Å². The molecule has 3 nitrogen and oxygen atoms in total. The summed E-state index contributed by atoms with van der Waals surface area (Å²) in [6.07, 6.45) is 1.62. The van der Waals surface area contributed by atoms with Crippen LogP contribution >= 0.6 is 11.6 Å². The maximum atomic E-state index is 5.74. The number of hydrogen-bond acceptors (Lipinski definition) is 3. The topological polar surface area (TPSA) is 34.1 Å². The van der Waals surface area contributed by atoms with Crippen LogP contribution in [0.1, 0.15) is 0 Å². The Labute approximate surface area is 93.8 Å². The zero-order chi connectivity index (χ0) is 10.3. The third-order valence-corrected chi connectivity index (χ3v) is 3.62. The Balaban J connectivity index is 1.52.